The average molecular weight is 270 g/mol. The molecule has 0 saturated carbocycles. The molecule has 5 nitrogen and oxygen atoms in total. The maximum Gasteiger partial charge on any atom is 0.152 e. The topological polar surface area (TPSA) is 81.4 Å². The molecule has 0 radical (unpaired) electrons. The molecule has 0 amide bonds. The average Bonchev–Trinajstić information content (AvgIpc) is 2.63. The van der Waals surface area contributed by atoms with Gasteiger partial charge in [-0.25, -0.2) is 8.42 Å². The molecular formula is C12H18N2O3S. The minimum Gasteiger partial charge on any atom is -0.492 e. The van der Waals surface area contributed by atoms with Crippen molar-refractivity contribution in [1.82, 2.24) is 0 Å². The molecule has 0 spiro atoms. The predicted molar refractivity (Wildman–Crippen MR) is 72.7 cm³/mol. The summed E-state index contributed by atoms with van der Waals surface area (Å²) in [6.45, 7) is 2.44. The highest BCUT2D eigenvalue weighted by atomic mass is 32.2. The summed E-state index contributed by atoms with van der Waals surface area (Å²) in [5.74, 6) is 1.09. The minimum absolute atomic E-state index is 0.0203. The Kier molecular flexibility index (Phi) is 3.65. The van der Waals surface area contributed by atoms with Gasteiger partial charge in [0, 0.05) is 17.8 Å². The molecule has 2 rings (SSSR count). The van der Waals surface area contributed by atoms with Crippen LogP contribution in [0.2, 0.25) is 0 Å². The van der Waals surface area contributed by atoms with Gasteiger partial charge in [0.1, 0.15) is 5.75 Å². The molecule has 0 aliphatic carbocycles. The standard InChI is InChI=1S/C12H18N2O3S/c1-2-17-12-7-9(3-4-11(12)13)14-10-5-6-18(15,16)8-10/h3-4,7,10,14H,2,5-6,8,13H2,1H3. The van der Waals surface area contributed by atoms with E-state index in [1.807, 2.05) is 19.1 Å². The van der Waals surface area contributed by atoms with Gasteiger partial charge >= 0.3 is 0 Å². The normalized spacial score (nSPS) is 21.7. The van der Waals surface area contributed by atoms with Crippen LogP contribution in [0, 0.1) is 0 Å². The van der Waals surface area contributed by atoms with Crippen molar-refractivity contribution in [1.29, 1.82) is 0 Å². The Hall–Kier alpha value is -1.43. The molecule has 1 aromatic rings. The van der Waals surface area contributed by atoms with Crippen LogP contribution in [0.15, 0.2) is 18.2 Å². The van der Waals surface area contributed by atoms with Gasteiger partial charge in [0.15, 0.2) is 9.84 Å². The van der Waals surface area contributed by atoms with Gasteiger partial charge < -0.3 is 15.8 Å². The summed E-state index contributed by atoms with van der Waals surface area (Å²) < 4.78 is 28.1. The third-order valence-corrected chi connectivity index (χ3v) is 4.68. The smallest absolute Gasteiger partial charge is 0.152 e. The van der Waals surface area contributed by atoms with Crippen molar-refractivity contribution in [3.63, 3.8) is 0 Å². The molecule has 1 aliphatic heterocycles. The maximum absolute atomic E-state index is 11.4. The second-order valence-corrected chi connectivity index (χ2v) is 6.66. The summed E-state index contributed by atoms with van der Waals surface area (Å²) >= 11 is 0. The zero-order valence-corrected chi connectivity index (χ0v) is 11.2. The molecule has 1 saturated heterocycles. The fourth-order valence-corrected chi connectivity index (χ4v) is 3.72. The number of nitrogens with one attached hydrogen (secondary N) is 1. The highest BCUT2D eigenvalue weighted by Crippen LogP contribution is 2.27. The van der Waals surface area contributed by atoms with Crippen molar-refractivity contribution in [2.75, 3.05) is 29.2 Å². The first kappa shape index (κ1) is 13.0. The summed E-state index contributed by atoms with van der Waals surface area (Å²) in [6.07, 6.45) is 0.649. The summed E-state index contributed by atoms with van der Waals surface area (Å²) in [4.78, 5) is 0. The molecule has 18 heavy (non-hydrogen) atoms. The van der Waals surface area contributed by atoms with E-state index in [9.17, 15) is 8.42 Å². The van der Waals surface area contributed by atoms with Crippen molar-refractivity contribution in [3.8, 4) is 5.75 Å². The summed E-state index contributed by atoms with van der Waals surface area (Å²) in [5.41, 5.74) is 7.21. The number of rotatable bonds is 4. The fourth-order valence-electron chi connectivity index (χ4n) is 2.05. The summed E-state index contributed by atoms with van der Waals surface area (Å²) in [5, 5.41) is 3.21. The van der Waals surface area contributed by atoms with Crippen molar-refractivity contribution >= 4 is 21.2 Å². The van der Waals surface area contributed by atoms with Gasteiger partial charge in [-0.2, -0.15) is 0 Å². The van der Waals surface area contributed by atoms with Crippen LogP contribution >= 0.6 is 0 Å². The molecule has 1 unspecified atom stereocenters. The van der Waals surface area contributed by atoms with E-state index in [0.29, 0.717) is 24.5 Å². The first-order chi connectivity index (χ1) is 8.50. The zero-order valence-electron chi connectivity index (χ0n) is 10.3. The Labute approximate surface area is 107 Å². The number of nitrogens with two attached hydrogens (primary N) is 1. The van der Waals surface area contributed by atoms with E-state index in [-0.39, 0.29) is 17.5 Å². The number of anilines is 2. The van der Waals surface area contributed by atoms with E-state index in [4.69, 9.17) is 10.5 Å². The highest BCUT2D eigenvalue weighted by Gasteiger charge is 2.27. The monoisotopic (exact) mass is 270 g/mol. The molecule has 100 valence electrons. The van der Waals surface area contributed by atoms with Gasteiger partial charge in [-0.3, -0.25) is 0 Å². The van der Waals surface area contributed by atoms with Crippen LogP contribution in [-0.2, 0) is 9.84 Å². The predicted octanol–water partition coefficient (Wildman–Crippen LogP) is 1.27. The lowest BCUT2D eigenvalue weighted by Gasteiger charge is -2.14. The van der Waals surface area contributed by atoms with Crippen LogP contribution in [0.1, 0.15) is 13.3 Å². The van der Waals surface area contributed by atoms with Crippen molar-refractivity contribution in [2.45, 2.75) is 19.4 Å². The first-order valence-electron chi connectivity index (χ1n) is 5.99. The second kappa shape index (κ2) is 5.06. The molecule has 1 aromatic carbocycles. The second-order valence-electron chi connectivity index (χ2n) is 4.43. The molecule has 1 fully saturated rings. The van der Waals surface area contributed by atoms with Crippen molar-refractivity contribution in [3.05, 3.63) is 18.2 Å². The number of nitrogen functional groups attached to an aromatic ring is 1. The molecule has 0 aromatic heterocycles. The first-order valence-corrected chi connectivity index (χ1v) is 7.81. The SMILES string of the molecule is CCOc1cc(NC2CCS(=O)(=O)C2)ccc1N. The van der Waals surface area contributed by atoms with Crippen molar-refractivity contribution < 1.29 is 13.2 Å². The Balaban J connectivity index is 2.08. The van der Waals surface area contributed by atoms with E-state index in [0.717, 1.165) is 5.69 Å². The molecule has 1 heterocycles. The van der Waals surface area contributed by atoms with E-state index < -0.39 is 9.84 Å². The Morgan fingerprint density at radius 3 is 2.89 bits per heavy atom. The molecule has 1 atom stereocenters. The van der Waals surface area contributed by atoms with E-state index in [1.165, 1.54) is 0 Å². The van der Waals surface area contributed by atoms with Gasteiger partial charge in [-0.1, -0.05) is 0 Å². The number of hydrogen-bond acceptors (Lipinski definition) is 5. The lowest BCUT2D eigenvalue weighted by Crippen LogP contribution is -2.20. The lowest BCUT2D eigenvalue weighted by molar-refractivity contribution is 0.342. The summed E-state index contributed by atoms with van der Waals surface area (Å²) in [6, 6.07) is 5.39. The van der Waals surface area contributed by atoms with Crippen molar-refractivity contribution in [2.24, 2.45) is 0 Å². The van der Waals surface area contributed by atoms with Crippen LogP contribution in [0.3, 0.4) is 0 Å². The quantitative estimate of drug-likeness (QED) is 0.805. The summed E-state index contributed by atoms with van der Waals surface area (Å²) in [7, 11) is -2.86. The maximum atomic E-state index is 11.4. The van der Waals surface area contributed by atoms with E-state index in [1.54, 1.807) is 6.07 Å². The molecular weight excluding hydrogens is 252 g/mol. The third-order valence-electron chi connectivity index (χ3n) is 2.92. The van der Waals surface area contributed by atoms with Gasteiger partial charge in [-0.15, -0.1) is 0 Å². The van der Waals surface area contributed by atoms with Gasteiger partial charge in [0.25, 0.3) is 0 Å². The van der Waals surface area contributed by atoms with Crippen LogP contribution in [0.5, 0.6) is 5.75 Å². The Bertz CT molecular complexity index is 528. The third kappa shape index (κ3) is 3.07. The Morgan fingerprint density at radius 2 is 2.28 bits per heavy atom. The van der Waals surface area contributed by atoms with Crippen LogP contribution in [0.25, 0.3) is 0 Å². The molecule has 3 N–H and O–H groups in total. The highest BCUT2D eigenvalue weighted by molar-refractivity contribution is 7.91. The number of hydrogen-bond donors (Lipinski definition) is 2. The van der Waals surface area contributed by atoms with Gasteiger partial charge in [-0.05, 0) is 25.5 Å². The largest absolute Gasteiger partial charge is 0.492 e. The van der Waals surface area contributed by atoms with Crippen LogP contribution in [-0.4, -0.2) is 32.6 Å². The number of ether oxygens (including phenoxy) is 1. The van der Waals surface area contributed by atoms with E-state index in [2.05, 4.69) is 5.32 Å². The lowest BCUT2D eigenvalue weighted by atomic mass is 10.2. The molecule has 0 bridgehead atoms. The van der Waals surface area contributed by atoms with Crippen LogP contribution < -0.4 is 15.8 Å². The van der Waals surface area contributed by atoms with E-state index >= 15 is 0 Å². The zero-order chi connectivity index (χ0) is 13.2. The minimum atomic E-state index is -2.86. The van der Waals surface area contributed by atoms with Gasteiger partial charge in [0.05, 0.1) is 23.8 Å². The Morgan fingerprint density at radius 1 is 1.50 bits per heavy atom. The van der Waals surface area contributed by atoms with Gasteiger partial charge in [0.2, 0.25) is 0 Å². The molecule has 6 heteroatoms. The number of sulfone groups is 1. The fraction of sp³-hybridized carbons (Fsp3) is 0.500. The number of benzene rings is 1. The molecule has 1 aliphatic rings. The van der Waals surface area contributed by atoms with Crippen LogP contribution in [0.4, 0.5) is 11.4 Å².